The summed E-state index contributed by atoms with van der Waals surface area (Å²) in [6.45, 7) is 39.9. The Kier molecular flexibility index (Phi) is 27.7. The number of esters is 1. The molecule has 3 N–H and O–H groups in total. The fourth-order valence-corrected chi connectivity index (χ4v) is 24.1. The van der Waals surface area contributed by atoms with Crippen LogP contribution in [0.1, 0.15) is 405 Å². The highest BCUT2D eigenvalue weighted by atomic mass is 32.2. The Labute approximate surface area is 659 Å². The zero-order chi connectivity index (χ0) is 81.7. The lowest BCUT2D eigenvalue weighted by Gasteiger charge is -2.37. The van der Waals surface area contributed by atoms with Crippen LogP contribution in [0.4, 0.5) is 0 Å². The molecule has 3 fully saturated rings. The SMILES string of the molecule is Cc1cc(S(=O)(=O)O)c(C(C)C)cc1OC(=O)c1c(C(C)C)cc(C(C)C)cc1C(C)CC1CCCC(c2cc(C3CCCCC3)cc(C3CCCC(C(C)c4cc(OS(=O)(=O)c5c(C(C)C)cc(C(C)C)cc5C(C)C)cc(C(C)C)c4S(=O)(=O)O)C3)c2S(=O)(=O)Oc2cc(C(C)C)c(S(=O)(=O)O)c(C(C)C)c2)C1. The molecule has 6 aromatic carbocycles. The lowest BCUT2D eigenvalue weighted by molar-refractivity contribution is 0.0729. The number of hydrogen-bond acceptors (Lipinski definition) is 14. The molecule has 22 heteroatoms. The molecule has 6 atom stereocenters. The number of rotatable bonds is 28. The first-order valence-corrected chi connectivity index (χ1v) is 47.2. The number of benzene rings is 6. The normalized spacial score (nSPS) is 18.8. The van der Waals surface area contributed by atoms with Gasteiger partial charge in [0, 0.05) is 0 Å². The summed E-state index contributed by atoms with van der Waals surface area (Å²) in [6.07, 6.45) is 10.1. The van der Waals surface area contributed by atoms with Gasteiger partial charge in [-0.15, -0.1) is 0 Å². The van der Waals surface area contributed by atoms with Crippen molar-refractivity contribution >= 4 is 56.6 Å². The molecule has 0 radical (unpaired) electrons. The minimum Gasteiger partial charge on any atom is -0.423 e. The topological polar surface area (TPSA) is 276 Å². The van der Waals surface area contributed by atoms with Gasteiger partial charge in [0.15, 0.2) is 0 Å². The minimum atomic E-state index is -5.00. The van der Waals surface area contributed by atoms with Crippen molar-refractivity contribution in [3.05, 3.63) is 162 Å². The average Bonchev–Trinajstić information content (AvgIpc) is 0.749. The number of ether oxygens (including phenoxy) is 1. The number of aryl methyl sites for hydroxylation is 1. The molecule has 606 valence electrons. The highest BCUT2D eigenvalue weighted by Gasteiger charge is 2.42. The van der Waals surface area contributed by atoms with Crippen molar-refractivity contribution in [2.45, 2.75) is 343 Å². The van der Waals surface area contributed by atoms with Crippen molar-refractivity contribution in [2.75, 3.05) is 0 Å². The molecule has 0 spiro atoms. The fraction of sp³-hybridized carbons (Fsp3) is 0.580. The molecule has 110 heavy (non-hydrogen) atoms. The zero-order valence-electron chi connectivity index (χ0n) is 68.7. The molecule has 0 aliphatic heterocycles. The highest BCUT2D eigenvalue weighted by Crippen LogP contribution is 2.53. The molecule has 3 saturated carbocycles. The predicted octanol–water partition coefficient (Wildman–Crippen LogP) is 23.2. The molecule has 6 unspecified atom stereocenters. The van der Waals surface area contributed by atoms with Crippen LogP contribution in [0.15, 0.2) is 97.3 Å². The maximum atomic E-state index is 16.5. The Morgan fingerprint density at radius 2 is 0.791 bits per heavy atom. The second kappa shape index (κ2) is 34.6. The third-order valence-corrected chi connectivity index (χ3v) is 29.4. The number of carbonyl (C=O) groups excluding carboxylic acids is 1. The van der Waals surface area contributed by atoms with Crippen molar-refractivity contribution in [1.82, 2.24) is 0 Å². The van der Waals surface area contributed by atoms with Gasteiger partial charge in [-0.05, 0) is 273 Å². The van der Waals surface area contributed by atoms with E-state index in [0.29, 0.717) is 83.9 Å². The third kappa shape index (κ3) is 19.7. The number of hydrogen-bond donors (Lipinski definition) is 3. The molecular formula is C88H122O17S5. The van der Waals surface area contributed by atoms with Gasteiger partial charge in [-0.1, -0.05) is 213 Å². The lowest BCUT2D eigenvalue weighted by Crippen LogP contribution is -2.26. The molecule has 0 aromatic heterocycles. The first-order valence-electron chi connectivity index (χ1n) is 40.1. The molecule has 0 bridgehead atoms. The van der Waals surface area contributed by atoms with E-state index in [9.17, 15) is 38.9 Å². The fourth-order valence-electron chi connectivity index (χ4n) is 17.8. The summed E-state index contributed by atoms with van der Waals surface area (Å²) < 4.78 is 195. The van der Waals surface area contributed by atoms with Crippen LogP contribution in [0, 0.1) is 18.8 Å². The van der Waals surface area contributed by atoms with Gasteiger partial charge in [0.1, 0.15) is 36.8 Å². The van der Waals surface area contributed by atoms with Crippen LogP contribution >= 0.6 is 0 Å². The van der Waals surface area contributed by atoms with Crippen LogP contribution in [0.2, 0.25) is 0 Å². The van der Waals surface area contributed by atoms with Gasteiger partial charge < -0.3 is 13.1 Å². The Morgan fingerprint density at radius 1 is 0.391 bits per heavy atom. The summed E-state index contributed by atoms with van der Waals surface area (Å²) in [5, 5.41) is 0. The van der Waals surface area contributed by atoms with E-state index in [1.807, 2.05) is 60.6 Å². The van der Waals surface area contributed by atoms with E-state index in [0.717, 1.165) is 72.8 Å². The Balaban J connectivity index is 1.20. The van der Waals surface area contributed by atoms with E-state index in [1.54, 1.807) is 62.3 Å². The van der Waals surface area contributed by atoms with Crippen molar-refractivity contribution in [2.24, 2.45) is 11.8 Å². The maximum absolute atomic E-state index is 16.5. The van der Waals surface area contributed by atoms with Gasteiger partial charge in [-0.3, -0.25) is 13.7 Å². The van der Waals surface area contributed by atoms with Gasteiger partial charge in [0.25, 0.3) is 30.4 Å². The van der Waals surface area contributed by atoms with Crippen molar-refractivity contribution in [3.8, 4) is 17.2 Å². The van der Waals surface area contributed by atoms with E-state index >= 15 is 21.6 Å². The summed E-state index contributed by atoms with van der Waals surface area (Å²) in [4.78, 5) is 14.4. The van der Waals surface area contributed by atoms with Gasteiger partial charge in [-0.2, -0.15) is 42.1 Å². The van der Waals surface area contributed by atoms with E-state index in [2.05, 4.69) is 58.9 Å². The molecule has 0 amide bonds. The standard InChI is InChI=1S/C88H122O17S5/c1-48(2)65-37-71(51(7)8)83(88(89)103-81-47-70(50(5)6)82(34-58(81)20)106(90,91)92)77(40-65)57(19)33-60-27-25-31-63(35-60)79-41-67(61-28-23-22-24-29-61)42-80(87(79)110(101,102)104-68-43-74(54(13)14)84(107(93,94)95)75(44-68)55(15)16)64-32-26-30-62(36-64)59(21)78-46-69(45-76(56(17)18)85(78)108(96,97)98)105-109(99,100)86-72(52(9)10)38-66(49(3)4)39-73(86)53(11)12/h34,37-57,59-64H,22-33,35-36H2,1-21H3,(H,90,91,92)(H,93,94,95)(H,96,97,98). The smallest absolute Gasteiger partial charge is 0.344 e. The highest BCUT2D eigenvalue weighted by molar-refractivity contribution is 7.87. The molecular weight excluding hydrogens is 1490 g/mol. The summed E-state index contributed by atoms with van der Waals surface area (Å²) in [7, 11) is -24.0. The Hall–Kier alpha value is -5.98. The van der Waals surface area contributed by atoms with E-state index in [1.165, 1.54) is 36.4 Å². The first kappa shape index (κ1) is 88.0. The van der Waals surface area contributed by atoms with Crippen LogP contribution in [-0.2, 0) is 50.6 Å². The summed E-state index contributed by atoms with van der Waals surface area (Å²) in [5.74, 6) is -5.01. The molecule has 3 aliphatic rings. The lowest BCUT2D eigenvalue weighted by atomic mass is 9.69. The van der Waals surface area contributed by atoms with Gasteiger partial charge in [0.05, 0.1) is 10.5 Å². The van der Waals surface area contributed by atoms with Crippen LogP contribution in [0.25, 0.3) is 0 Å². The molecule has 9 rings (SSSR count). The summed E-state index contributed by atoms with van der Waals surface area (Å²) >= 11 is 0. The first-order chi connectivity index (χ1) is 51.0. The quantitative estimate of drug-likeness (QED) is 0.0178. The second-order valence-electron chi connectivity index (χ2n) is 35.0. The van der Waals surface area contributed by atoms with E-state index in [4.69, 9.17) is 13.1 Å². The van der Waals surface area contributed by atoms with Crippen LogP contribution in [-0.4, -0.2) is 61.7 Å². The van der Waals surface area contributed by atoms with Crippen molar-refractivity contribution in [1.29, 1.82) is 0 Å². The van der Waals surface area contributed by atoms with Gasteiger partial charge >= 0.3 is 26.2 Å². The van der Waals surface area contributed by atoms with Crippen molar-refractivity contribution in [3.63, 3.8) is 0 Å². The van der Waals surface area contributed by atoms with Crippen LogP contribution < -0.4 is 13.1 Å². The third-order valence-electron chi connectivity index (χ3n) is 23.8. The average molecular weight is 1610 g/mol. The van der Waals surface area contributed by atoms with Crippen molar-refractivity contribution < 1.29 is 73.6 Å². The molecule has 0 saturated heterocycles. The van der Waals surface area contributed by atoms with Gasteiger partial charge in [0.2, 0.25) is 0 Å². The zero-order valence-corrected chi connectivity index (χ0v) is 72.7. The van der Waals surface area contributed by atoms with E-state index < -0.39 is 86.1 Å². The predicted molar refractivity (Wildman–Crippen MR) is 437 cm³/mol. The largest absolute Gasteiger partial charge is 0.423 e. The number of carbonyl (C=O) groups is 1. The van der Waals surface area contributed by atoms with E-state index in [-0.39, 0.29) is 129 Å². The molecule has 3 aliphatic carbocycles. The Bertz CT molecular complexity index is 4940. The molecule has 6 aromatic rings. The monoisotopic (exact) mass is 1610 g/mol. The maximum Gasteiger partial charge on any atom is 0.344 e. The minimum absolute atomic E-state index is 0.00242. The van der Waals surface area contributed by atoms with Crippen LogP contribution in [0.3, 0.4) is 0 Å². The second-order valence-corrected chi connectivity index (χ2v) is 42.1. The van der Waals surface area contributed by atoms with Crippen LogP contribution in [0.5, 0.6) is 17.2 Å². The molecule has 0 heterocycles. The van der Waals surface area contributed by atoms with Gasteiger partial charge in [-0.25, -0.2) is 4.79 Å². The summed E-state index contributed by atoms with van der Waals surface area (Å²) in [5.41, 5.74) is 8.78. The summed E-state index contributed by atoms with van der Waals surface area (Å²) in [6, 6.07) is 20.7. The Morgan fingerprint density at radius 3 is 1.24 bits per heavy atom. The molecule has 17 nitrogen and oxygen atoms in total.